The minimum atomic E-state index is -0.371. The Morgan fingerprint density at radius 3 is 2.00 bits per heavy atom. The van der Waals surface area contributed by atoms with Gasteiger partial charge >= 0.3 is 5.97 Å². The van der Waals surface area contributed by atoms with E-state index in [2.05, 4.69) is 60.3 Å². The summed E-state index contributed by atoms with van der Waals surface area (Å²) in [6, 6.07) is 4.22. The van der Waals surface area contributed by atoms with E-state index in [0.29, 0.717) is 12.4 Å². The zero-order valence-corrected chi connectivity index (χ0v) is 16.0. The van der Waals surface area contributed by atoms with E-state index in [1.54, 1.807) is 0 Å². The van der Waals surface area contributed by atoms with Crippen LogP contribution in [0.2, 0.25) is 0 Å². The lowest BCUT2D eigenvalue weighted by atomic mass is 9.78. The molecule has 0 aliphatic carbocycles. The van der Waals surface area contributed by atoms with E-state index in [-0.39, 0.29) is 16.8 Å². The quantitative estimate of drug-likeness (QED) is 0.451. The van der Waals surface area contributed by atoms with Crippen LogP contribution in [-0.4, -0.2) is 17.7 Å². The number of carbonyl (C=O) groups is 1. The van der Waals surface area contributed by atoms with Crippen LogP contribution in [0.15, 0.2) is 24.8 Å². The monoisotopic (exact) mass is 332 g/mol. The van der Waals surface area contributed by atoms with Gasteiger partial charge in [0, 0.05) is 6.08 Å². The Labute approximate surface area is 146 Å². The number of phenolic OH excluding ortho intramolecular Hbond substituents is 1. The van der Waals surface area contributed by atoms with Crippen LogP contribution in [-0.2, 0) is 26.8 Å². The van der Waals surface area contributed by atoms with Crippen molar-refractivity contribution < 1.29 is 14.6 Å². The van der Waals surface area contributed by atoms with Gasteiger partial charge in [-0.15, -0.1) is 0 Å². The second-order valence-corrected chi connectivity index (χ2v) is 8.37. The molecule has 1 aromatic rings. The molecule has 0 fully saturated rings. The second-order valence-electron chi connectivity index (χ2n) is 8.37. The van der Waals surface area contributed by atoms with E-state index in [1.807, 2.05) is 0 Å². The topological polar surface area (TPSA) is 46.5 Å². The minimum absolute atomic E-state index is 0.112. The molecule has 134 valence electrons. The first-order valence-corrected chi connectivity index (χ1v) is 8.63. The normalized spacial score (nSPS) is 12.1. The highest BCUT2D eigenvalue weighted by atomic mass is 16.5. The van der Waals surface area contributed by atoms with Gasteiger partial charge in [-0.05, 0) is 46.8 Å². The summed E-state index contributed by atoms with van der Waals surface area (Å²) in [4.78, 5) is 11.0. The third kappa shape index (κ3) is 5.70. The summed E-state index contributed by atoms with van der Waals surface area (Å²) >= 11 is 0. The van der Waals surface area contributed by atoms with Gasteiger partial charge in [-0.3, -0.25) is 0 Å². The van der Waals surface area contributed by atoms with E-state index in [1.165, 1.54) is 11.6 Å². The number of hydrogen-bond donors (Lipinski definition) is 1. The molecule has 1 N–H and O–H groups in total. The number of esters is 1. The molecule has 0 heterocycles. The highest BCUT2D eigenvalue weighted by Crippen LogP contribution is 2.39. The minimum Gasteiger partial charge on any atom is -0.507 e. The zero-order valence-electron chi connectivity index (χ0n) is 16.0. The SMILES string of the molecule is C=CC(=O)OCCCCc1cc(C(C)(C)C)c(O)c(C(C)(C)C)c1. The van der Waals surface area contributed by atoms with Gasteiger partial charge in [0.2, 0.25) is 0 Å². The summed E-state index contributed by atoms with van der Waals surface area (Å²) < 4.78 is 5.01. The molecular formula is C21H32O3. The van der Waals surface area contributed by atoms with Crippen LogP contribution in [0.3, 0.4) is 0 Å². The predicted molar refractivity (Wildman–Crippen MR) is 99.6 cm³/mol. The summed E-state index contributed by atoms with van der Waals surface area (Å²) in [5.41, 5.74) is 2.97. The van der Waals surface area contributed by atoms with E-state index in [4.69, 9.17) is 4.74 Å². The average molecular weight is 332 g/mol. The van der Waals surface area contributed by atoms with E-state index < -0.39 is 0 Å². The number of aromatic hydroxyl groups is 1. The number of aryl methyl sites for hydroxylation is 1. The van der Waals surface area contributed by atoms with Crippen LogP contribution in [0.25, 0.3) is 0 Å². The molecule has 0 saturated carbocycles. The van der Waals surface area contributed by atoms with Gasteiger partial charge in [0.25, 0.3) is 0 Å². The van der Waals surface area contributed by atoms with Crippen LogP contribution in [0, 0.1) is 0 Å². The van der Waals surface area contributed by atoms with Gasteiger partial charge in [-0.25, -0.2) is 4.79 Å². The van der Waals surface area contributed by atoms with Gasteiger partial charge in [0.15, 0.2) is 0 Å². The predicted octanol–water partition coefficient (Wildman–Crippen LogP) is 5.04. The van der Waals surface area contributed by atoms with E-state index in [0.717, 1.165) is 30.4 Å². The number of benzene rings is 1. The van der Waals surface area contributed by atoms with Gasteiger partial charge in [-0.2, -0.15) is 0 Å². The molecule has 3 nitrogen and oxygen atoms in total. The molecule has 24 heavy (non-hydrogen) atoms. The summed E-state index contributed by atoms with van der Waals surface area (Å²) in [5, 5.41) is 10.7. The highest BCUT2D eigenvalue weighted by Gasteiger charge is 2.26. The van der Waals surface area contributed by atoms with E-state index >= 15 is 0 Å². The molecule has 0 saturated heterocycles. The van der Waals surface area contributed by atoms with Crippen molar-refractivity contribution in [1.29, 1.82) is 0 Å². The maximum absolute atomic E-state index is 11.0. The van der Waals surface area contributed by atoms with Gasteiger partial charge in [-0.1, -0.05) is 60.3 Å². The fraction of sp³-hybridized carbons (Fsp3) is 0.571. The zero-order chi connectivity index (χ0) is 18.5. The van der Waals surface area contributed by atoms with Crippen molar-refractivity contribution >= 4 is 5.97 Å². The molecule has 1 aromatic carbocycles. The number of unbranched alkanes of at least 4 members (excludes halogenated alkanes) is 1. The first-order valence-electron chi connectivity index (χ1n) is 8.63. The molecule has 0 aromatic heterocycles. The summed E-state index contributed by atoms with van der Waals surface area (Å²) in [7, 11) is 0. The van der Waals surface area contributed by atoms with E-state index in [9.17, 15) is 9.90 Å². The van der Waals surface area contributed by atoms with Crippen molar-refractivity contribution in [2.24, 2.45) is 0 Å². The first-order chi connectivity index (χ1) is 11.0. The summed E-state index contributed by atoms with van der Waals surface area (Å²) in [6.45, 7) is 16.5. The van der Waals surface area contributed by atoms with Crippen LogP contribution < -0.4 is 0 Å². The Bertz CT molecular complexity index is 551. The van der Waals surface area contributed by atoms with Crippen molar-refractivity contribution in [2.75, 3.05) is 6.61 Å². The number of phenols is 1. The van der Waals surface area contributed by atoms with Crippen molar-refractivity contribution in [3.05, 3.63) is 41.5 Å². The molecule has 0 unspecified atom stereocenters. The molecule has 0 aliphatic rings. The number of carbonyl (C=O) groups excluding carboxylic acids is 1. The Morgan fingerprint density at radius 1 is 1.08 bits per heavy atom. The fourth-order valence-corrected chi connectivity index (χ4v) is 2.64. The lowest BCUT2D eigenvalue weighted by molar-refractivity contribution is -0.137. The molecule has 0 radical (unpaired) electrons. The molecule has 0 bridgehead atoms. The van der Waals surface area contributed by atoms with Crippen LogP contribution in [0.5, 0.6) is 5.75 Å². The van der Waals surface area contributed by atoms with Crippen LogP contribution >= 0.6 is 0 Å². The third-order valence-corrected chi connectivity index (χ3v) is 4.06. The van der Waals surface area contributed by atoms with Gasteiger partial charge in [0.05, 0.1) is 6.61 Å². The third-order valence-electron chi connectivity index (χ3n) is 4.06. The Kier molecular flexibility index (Phi) is 6.65. The molecule has 0 aliphatic heterocycles. The Hall–Kier alpha value is -1.77. The average Bonchev–Trinajstić information content (AvgIpc) is 2.45. The van der Waals surface area contributed by atoms with Gasteiger partial charge in [0.1, 0.15) is 5.75 Å². The van der Waals surface area contributed by atoms with Crippen molar-refractivity contribution in [2.45, 2.75) is 71.6 Å². The standard InChI is InChI=1S/C21H32O3/c1-8-18(22)24-12-10-9-11-15-13-16(20(2,3)4)19(23)17(14-15)21(5,6)7/h8,13-14,23H,1,9-12H2,2-7H3. The number of ether oxygens (including phenoxy) is 1. The number of rotatable bonds is 6. The molecule has 1 rings (SSSR count). The molecule has 0 atom stereocenters. The lowest BCUT2D eigenvalue weighted by Gasteiger charge is -2.28. The highest BCUT2D eigenvalue weighted by molar-refractivity contribution is 5.81. The maximum atomic E-state index is 11.0. The van der Waals surface area contributed by atoms with Gasteiger partial charge < -0.3 is 9.84 Å². The van der Waals surface area contributed by atoms with Crippen molar-refractivity contribution in [3.8, 4) is 5.75 Å². The first kappa shape index (κ1) is 20.3. The van der Waals surface area contributed by atoms with Crippen LogP contribution in [0.4, 0.5) is 0 Å². The smallest absolute Gasteiger partial charge is 0.330 e. The van der Waals surface area contributed by atoms with Crippen LogP contribution in [0.1, 0.15) is 71.1 Å². The molecule has 0 amide bonds. The molecule has 0 spiro atoms. The van der Waals surface area contributed by atoms with Crippen molar-refractivity contribution in [3.63, 3.8) is 0 Å². The maximum Gasteiger partial charge on any atom is 0.330 e. The Morgan fingerprint density at radius 2 is 1.58 bits per heavy atom. The summed E-state index contributed by atoms with van der Waals surface area (Å²) in [6.07, 6.45) is 3.84. The number of hydrogen-bond acceptors (Lipinski definition) is 3. The van der Waals surface area contributed by atoms with Crippen molar-refractivity contribution in [1.82, 2.24) is 0 Å². The lowest BCUT2D eigenvalue weighted by Crippen LogP contribution is -2.18. The summed E-state index contributed by atoms with van der Waals surface area (Å²) in [5.74, 6) is 0.0448. The second kappa shape index (κ2) is 7.87. The Balaban J connectivity index is 2.91. The largest absolute Gasteiger partial charge is 0.507 e. The molecule has 3 heteroatoms. The fourth-order valence-electron chi connectivity index (χ4n) is 2.64. The molecular weight excluding hydrogens is 300 g/mol.